The van der Waals surface area contributed by atoms with Gasteiger partial charge in [-0.25, -0.2) is 4.79 Å². The summed E-state index contributed by atoms with van der Waals surface area (Å²) in [4.78, 5) is 24.6. The molecule has 0 aromatic heterocycles. The van der Waals surface area contributed by atoms with Gasteiger partial charge in [0.25, 0.3) is 5.91 Å². The third kappa shape index (κ3) is 4.67. The van der Waals surface area contributed by atoms with Gasteiger partial charge in [-0.3, -0.25) is 4.79 Å². The molecule has 1 amide bonds. The molecular weight excluding hydrogens is 306 g/mol. The molecule has 0 aliphatic heterocycles. The van der Waals surface area contributed by atoms with Gasteiger partial charge in [0.1, 0.15) is 6.04 Å². The molecule has 5 heteroatoms. The highest BCUT2D eigenvalue weighted by Crippen LogP contribution is 2.17. The minimum atomic E-state index is -0.783. The second kappa shape index (κ2) is 8.84. The first-order valence-electron chi connectivity index (χ1n) is 7.65. The Kier molecular flexibility index (Phi) is 6.51. The van der Waals surface area contributed by atoms with Crippen LogP contribution in [0.15, 0.2) is 60.7 Å². The van der Waals surface area contributed by atoms with Crippen molar-refractivity contribution in [1.82, 2.24) is 5.32 Å². The summed E-state index contributed by atoms with van der Waals surface area (Å²) in [6.07, 6.45) is -0.432. The fourth-order valence-electron chi connectivity index (χ4n) is 2.46. The molecular formula is C19H21NO4. The maximum Gasteiger partial charge on any atom is 0.328 e. The normalized spacial score (nSPS) is 12.9. The van der Waals surface area contributed by atoms with E-state index < -0.39 is 18.1 Å². The summed E-state index contributed by atoms with van der Waals surface area (Å²) in [5.74, 6) is -0.870. The van der Waals surface area contributed by atoms with Gasteiger partial charge in [0.2, 0.25) is 0 Å². The van der Waals surface area contributed by atoms with Gasteiger partial charge >= 0.3 is 5.97 Å². The van der Waals surface area contributed by atoms with Crippen molar-refractivity contribution in [3.63, 3.8) is 0 Å². The Labute approximate surface area is 141 Å². The first-order chi connectivity index (χ1) is 11.7. The number of hydrogen-bond acceptors (Lipinski definition) is 4. The second-order valence-electron chi connectivity index (χ2n) is 5.30. The molecule has 1 N–H and O–H groups in total. The first-order valence-corrected chi connectivity index (χ1v) is 7.65. The van der Waals surface area contributed by atoms with Gasteiger partial charge < -0.3 is 14.8 Å². The number of amides is 1. The van der Waals surface area contributed by atoms with Crippen LogP contribution >= 0.6 is 0 Å². The number of benzene rings is 2. The Morgan fingerprint density at radius 3 is 2.08 bits per heavy atom. The van der Waals surface area contributed by atoms with E-state index in [1.807, 2.05) is 48.5 Å². The Balaban J connectivity index is 2.13. The molecule has 2 aromatic rings. The van der Waals surface area contributed by atoms with E-state index in [1.165, 1.54) is 14.2 Å². The molecule has 0 spiro atoms. The molecule has 0 bridgehead atoms. The minimum Gasteiger partial charge on any atom is -0.467 e. The molecule has 0 fully saturated rings. The van der Waals surface area contributed by atoms with E-state index in [0.29, 0.717) is 6.42 Å². The van der Waals surface area contributed by atoms with Crippen molar-refractivity contribution in [3.8, 4) is 0 Å². The van der Waals surface area contributed by atoms with Gasteiger partial charge in [-0.1, -0.05) is 60.7 Å². The lowest BCUT2D eigenvalue weighted by Crippen LogP contribution is -2.45. The van der Waals surface area contributed by atoms with Crippen molar-refractivity contribution in [1.29, 1.82) is 0 Å². The maximum absolute atomic E-state index is 12.6. The van der Waals surface area contributed by atoms with E-state index in [4.69, 9.17) is 9.47 Å². The van der Waals surface area contributed by atoms with Crippen LogP contribution in [0, 0.1) is 0 Å². The third-order valence-corrected chi connectivity index (χ3v) is 3.66. The lowest BCUT2D eigenvalue weighted by atomic mass is 10.0. The zero-order chi connectivity index (χ0) is 17.4. The van der Waals surface area contributed by atoms with Gasteiger partial charge in [0, 0.05) is 13.5 Å². The number of carbonyl (C=O) groups excluding carboxylic acids is 2. The summed E-state index contributed by atoms with van der Waals surface area (Å²) >= 11 is 0. The van der Waals surface area contributed by atoms with E-state index >= 15 is 0 Å². The van der Waals surface area contributed by atoms with Crippen molar-refractivity contribution in [2.24, 2.45) is 0 Å². The number of methoxy groups -OCH3 is 2. The molecule has 0 aliphatic rings. The molecule has 5 nitrogen and oxygen atoms in total. The monoisotopic (exact) mass is 327 g/mol. The van der Waals surface area contributed by atoms with E-state index in [1.54, 1.807) is 12.1 Å². The molecule has 0 saturated heterocycles. The Morgan fingerprint density at radius 2 is 1.54 bits per heavy atom. The summed E-state index contributed by atoms with van der Waals surface area (Å²) in [6.45, 7) is 0. The lowest BCUT2D eigenvalue weighted by molar-refractivity contribution is -0.146. The van der Waals surface area contributed by atoms with Crippen LogP contribution in [-0.4, -0.2) is 32.1 Å². The quantitative estimate of drug-likeness (QED) is 0.793. The Morgan fingerprint density at radius 1 is 0.958 bits per heavy atom. The zero-order valence-electron chi connectivity index (χ0n) is 13.8. The fraction of sp³-hybridized carbons (Fsp3) is 0.263. The highest BCUT2D eigenvalue weighted by atomic mass is 16.5. The number of carbonyl (C=O) groups is 2. The van der Waals surface area contributed by atoms with Gasteiger partial charge in [-0.15, -0.1) is 0 Å². The average Bonchev–Trinajstić information content (AvgIpc) is 2.63. The van der Waals surface area contributed by atoms with Crippen molar-refractivity contribution < 1.29 is 19.1 Å². The molecule has 2 aromatic carbocycles. The highest BCUT2D eigenvalue weighted by Gasteiger charge is 2.27. The molecule has 24 heavy (non-hydrogen) atoms. The SMILES string of the molecule is COC(=O)[C@H](Cc1ccccc1)NC(=O)[C@H](OC)c1ccccc1. The van der Waals surface area contributed by atoms with Crippen LogP contribution < -0.4 is 5.32 Å². The van der Waals surface area contributed by atoms with Gasteiger partial charge in [0.15, 0.2) is 6.10 Å². The third-order valence-electron chi connectivity index (χ3n) is 3.66. The summed E-state index contributed by atoms with van der Waals surface area (Å²) in [6, 6.07) is 17.8. The predicted octanol–water partition coefficient (Wildman–Crippen LogP) is 2.27. The van der Waals surface area contributed by atoms with E-state index in [0.717, 1.165) is 11.1 Å². The predicted molar refractivity (Wildman–Crippen MR) is 90.3 cm³/mol. The molecule has 0 aliphatic carbocycles. The van der Waals surface area contributed by atoms with Crippen LogP contribution in [0.2, 0.25) is 0 Å². The highest BCUT2D eigenvalue weighted by molar-refractivity contribution is 5.87. The van der Waals surface area contributed by atoms with Crippen LogP contribution in [-0.2, 0) is 25.5 Å². The van der Waals surface area contributed by atoms with Crippen LogP contribution in [0.25, 0.3) is 0 Å². The smallest absolute Gasteiger partial charge is 0.328 e. The summed E-state index contributed by atoms with van der Waals surface area (Å²) in [5, 5.41) is 2.73. The topological polar surface area (TPSA) is 64.6 Å². The number of ether oxygens (including phenoxy) is 2. The molecule has 2 atom stereocenters. The molecule has 0 radical (unpaired) electrons. The van der Waals surface area contributed by atoms with E-state index in [2.05, 4.69) is 5.32 Å². The van der Waals surface area contributed by atoms with Crippen LogP contribution in [0.3, 0.4) is 0 Å². The van der Waals surface area contributed by atoms with Gasteiger partial charge in [-0.2, -0.15) is 0 Å². The first kappa shape index (κ1) is 17.7. The summed E-state index contributed by atoms with van der Waals surface area (Å²) in [5.41, 5.74) is 1.66. The average molecular weight is 327 g/mol. The summed E-state index contributed by atoms with van der Waals surface area (Å²) < 4.78 is 10.1. The molecule has 0 saturated carbocycles. The Bertz CT molecular complexity index is 658. The molecule has 0 unspecified atom stereocenters. The van der Waals surface area contributed by atoms with Crippen molar-refractivity contribution in [3.05, 3.63) is 71.8 Å². The number of hydrogen-bond donors (Lipinski definition) is 1. The maximum atomic E-state index is 12.6. The van der Waals surface area contributed by atoms with Crippen LogP contribution in [0.4, 0.5) is 0 Å². The van der Waals surface area contributed by atoms with Gasteiger partial charge in [-0.05, 0) is 11.1 Å². The molecule has 2 rings (SSSR count). The standard InChI is InChI=1S/C19H21NO4/c1-23-17(15-11-7-4-8-12-15)18(21)20-16(19(22)24-2)13-14-9-5-3-6-10-14/h3-12,16-17H,13H2,1-2H3,(H,20,21)/t16-,17+/m0/s1. The molecule has 0 heterocycles. The van der Waals surface area contributed by atoms with Crippen LogP contribution in [0.5, 0.6) is 0 Å². The Hall–Kier alpha value is -2.66. The lowest BCUT2D eigenvalue weighted by Gasteiger charge is -2.21. The zero-order valence-corrected chi connectivity index (χ0v) is 13.8. The number of nitrogens with one attached hydrogen (secondary N) is 1. The fourth-order valence-corrected chi connectivity index (χ4v) is 2.46. The summed E-state index contributed by atoms with van der Waals surface area (Å²) in [7, 11) is 2.76. The van der Waals surface area contributed by atoms with E-state index in [-0.39, 0.29) is 5.91 Å². The van der Waals surface area contributed by atoms with Crippen molar-refractivity contribution in [2.45, 2.75) is 18.6 Å². The van der Waals surface area contributed by atoms with Crippen molar-refractivity contribution >= 4 is 11.9 Å². The largest absolute Gasteiger partial charge is 0.467 e. The van der Waals surface area contributed by atoms with Crippen molar-refractivity contribution in [2.75, 3.05) is 14.2 Å². The molecule has 126 valence electrons. The second-order valence-corrected chi connectivity index (χ2v) is 5.30. The van der Waals surface area contributed by atoms with E-state index in [9.17, 15) is 9.59 Å². The van der Waals surface area contributed by atoms with Gasteiger partial charge in [0.05, 0.1) is 7.11 Å². The van der Waals surface area contributed by atoms with Crippen LogP contribution in [0.1, 0.15) is 17.2 Å². The number of esters is 1. The minimum absolute atomic E-state index is 0.352. The number of rotatable bonds is 7.